The number of amides is 1. The van der Waals surface area contributed by atoms with Gasteiger partial charge in [-0.3, -0.25) is 4.79 Å². The van der Waals surface area contributed by atoms with Crippen LogP contribution in [0.25, 0.3) is 0 Å². The van der Waals surface area contributed by atoms with Crippen molar-refractivity contribution in [3.63, 3.8) is 0 Å². The lowest BCUT2D eigenvalue weighted by Crippen LogP contribution is -2.46. The highest BCUT2D eigenvalue weighted by Gasteiger charge is 2.18. The molecule has 3 nitrogen and oxygen atoms in total. The summed E-state index contributed by atoms with van der Waals surface area (Å²) in [7, 11) is 0. The lowest BCUT2D eigenvalue weighted by molar-refractivity contribution is -0.123. The Kier molecular flexibility index (Phi) is 5.40. The van der Waals surface area contributed by atoms with Gasteiger partial charge in [0.25, 0.3) is 0 Å². The number of benzene rings is 1. The predicted molar refractivity (Wildman–Crippen MR) is 77.8 cm³/mol. The number of carbonyl (C=O) groups excluding carboxylic acids is 1. The Bertz CT molecular complexity index is 385. The molecule has 1 aliphatic carbocycles. The summed E-state index contributed by atoms with van der Waals surface area (Å²) in [6.45, 7) is 2.67. The Morgan fingerprint density at radius 2 is 1.89 bits per heavy atom. The molecule has 0 saturated heterocycles. The third kappa shape index (κ3) is 4.67. The van der Waals surface area contributed by atoms with Crippen molar-refractivity contribution in [2.45, 2.75) is 57.7 Å². The van der Waals surface area contributed by atoms with E-state index in [2.05, 4.69) is 22.8 Å². The highest BCUT2D eigenvalue weighted by Crippen LogP contribution is 2.17. The van der Waals surface area contributed by atoms with Crippen LogP contribution in [0, 0.1) is 0 Å². The molecule has 1 amide bonds. The molecule has 1 atom stereocenters. The highest BCUT2D eigenvalue weighted by atomic mass is 16.2. The van der Waals surface area contributed by atoms with Gasteiger partial charge in [0.1, 0.15) is 0 Å². The third-order valence-electron chi connectivity index (χ3n) is 3.80. The summed E-state index contributed by atoms with van der Waals surface area (Å²) in [4.78, 5) is 12.1. The fourth-order valence-corrected chi connectivity index (χ4v) is 2.53. The molecule has 1 fully saturated rings. The minimum atomic E-state index is -0.137. The van der Waals surface area contributed by atoms with E-state index in [1.807, 2.05) is 25.1 Å². The van der Waals surface area contributed by atoms with E-state index in [9.17, 15) is 4.79 Å². The van der Waals surface area contributed by atoms with Gasteiger partial charge in [-0.25, -0.2) is 0 Å². The minimum absolute atomic E-state index is 0.128. The van der Waals surface area contributed by atoms with Crippen molar-refractivity contribution in [1.29, 1.82) is 0 Å². The second kappa shape index (κ2) is 7.29. The van der Waals surface area contributed by atoms with E-state index in [1.54, 1.807) is 0 Å². The smallest absolute Gasteiger partial charge is 0.237 e. The van der Waals surface area contributed by atoms with Crippen LogP contribution in [-0.2, 0) is 11.3 Å². The van der Waals surface area contributed by atoms with Crippen LogP contribution in [-0.4, -0.2) is 18.0 Å². The average molecular weight is 260 g/mol. The van der Waals surface area contributed by atoms with E-state index in [0.717, 1.165) is 19.4 Å². The minimum Gasteiger partial charge on any atom is -0.352 e. The SMILES string of the molecule is CC(NCc1ccccc1)C(=O)NC1CCCCC1. The molecule has 1 unspecified atom stereocenters. The zero-order chi connectivity index (χ0) is 13.5. The molecule has 0 spiro atoms. The van der Waals surface area contributed by atoms with E-state index in [-0.39, 0.29) is 11.9 Å². The molecule has 0 aliphatic heterocycles. The van der Waals surface area contributed by atoms with Crippen molar-refractivity contribution in [1.82, 2.24) is 10.6 Å². The molecule has 19 heavy (non-hydrogen) atoms. The summed E-state index contributed by atoms with van der Waals surface area (Å²) in [6.07, 6.45) is 6.08. The first-order chi connectivity index (χ1) is 9.25. The summed E-state index contributed by atoms with van der Waals surface area (Å²) in [5.41, 5.74) is 1.21. The summed E-state index contributed by atoms with van der Waals surface area (Å²) >= 11 is 0. The van der Waals surface area contributed by atoms with Gasteiger partial charge in [0.2, 0.25) is 5.91 Å². The Hall–Kier alpha value is -1.35. The van der Waals surface area contributed by atoms with Crippen LogP contribution in [0.3, 0.4) is 0 Å². The van der Waals surface area contributed by atoms with Gasteiger partial charge in [0.05, 0.1) is 6.04 Å². The standard InChI is InChI=1S/C16H24N2O/c1-13(17-12-14-8-4-2-5-9-14)16(19)18-15-10-6-3-7-11-15/h2,4-5,8-9,13,15,17H,3,6-7,10-12H2,1H3,(H,18,19). The van der Waals surface area contributed by atoms with Gasteiger partial charge in [0, 0.05) is 12.6 Å². The molecular weight excluding hydrogens is 236 g/mol. The quantitative estimate of drug-likeness (QED) is 0.854. The Labute approximate surface area is 115 Å². The average Bonchev–Trinajstić information content (AvgIpc) is 2.47. The fraction of sp³-hybridized carbons (Fsp3) is 0.562. The van der Waals surface area contributed by atoms with E-state index in [4.69, 9.17) is 0 Å². The van der Waals surface area contributed by atoms with E-state index < -0.39 is 0 Å². The van der Waals surface area contributed by atoms with Gasteiger partial charge in [-0.05, 0) is 25.3 Å². The van der Waals surface area contributed by atoms with Crippen molar-refractivity contribution in [2.75, 3.05) is 0 Å². The van der Waals surface area contributed by atoms with Crippen LogP contribution in [0.2, 0.25) is 0 Å². The largest absolute Gasteiger partial charge is 0.352 e. The Morgan fingerprint density at radius 3 is 2.58 bits per heavy atom. The monoisotopic (exact) mass is 260 g/mol. The second-order valence-electron chi connectivity index (χ2n) is 5.43. The van der Waals surface area contributed by atoms with Crippen molar-refractivity contribution in [3.8, 4) is 0 Å². The van der Waals surface area contributed by atoms with Gasteiger partial charge in [-0.2, -0.15) is 0 Å². The van der Waals surface area contributed by atoms with Crippen LogP contribution in [0.15, 0.2) is 30.3 Å². The first kappa shape index (κ1) is 14.1. The van der Waals surface area contributed by atoms with Crippen LogP contribution < -0.4 is 10.6 Å². The maximum atomic E-state index is 12.1. The Balaban J connectivity index is 1.72. The molecule has 0 aromatic heterocycles. The number of nitrogens with one attached hydrogen (secondary N) is 2. The molecule has 2 N–H and O–H groups in total. The number of rotatable bonds is 5. The lowest BCUT2D eigenvalue weighted by Gasteiger charge is -2.24. The zero-order valence-electron chi connectivity index (χ0n) is 11.7. The summed E-state index contributed by atoms with van der Waals surface area (Å²) < 4.78 is 0. The summed E-state index contributed by atoms with van der Waals surface area (Å²) in [6, 6.07) is 10.4. The fourth-order valence-electron chi connectivity index (χ4n) is 2.53. The van der Waals surface area contributed by atoms with Gasteiger partial charge in [-0.15, -0.1) is 0 Å². The number of carbonyl (C=O) groups is 1. The van der Waals surface area contributed by atoms with Gasteiger partial charge in [0.15, 0.2) is 0 Å². The second-order valence-corrected chi connectivity index (χ2v) is 5.43. The maximum Gasteiger partial charge on any atom is 0.237 e. The molecule has 1 aromatic carbocycles. The third-order valence-corrected chi connectivity index (χ3v) is 3.80. The van der Waals surface area contributed by atoms with Gasteiger partial charge >= 0.3 is 0 Å². The van der Waals surface area contributed by atoms with Gasteiger partial charge < -0.3 is 10.6 Å². The summed E-state index contributed by atoms with van der Waals surface area (Å²) in [5.74, 6) is 0.128. The summed E-state index contributed by atoms with van der Waals surface area (Å²) in [5, 5.41) is 6.43. The highest BCUT2D eigenvalue weighted by molar-refractivity contribution is 5.81. The molecule has 104 valence electrons. The molecule has 0 radical (unpaired) electrons. The molecule has 2 rings (SSSR count). The van der Waals surface area contributed by atoms with Crippen molar-refractivity contribution in [2.24, 2.45) is 0 Å². The molecule has 1 aliphatic rings. The van der Waals surface area contributed by atoms with Crippen LogP contribution in [0.1, 0.15) is 44.6 Å². The number of hydrogen-bond donors (Lipinski definition) is 2. The van der Waals surface area contributed by atoms with Crippen LogP contribution in [0.5, 0.6) is 0 Å². The van der Waals surface area contributed by atoms with Gasteiger partial charge in [-0.1, -0.05) is 49.6 Å². The first-order valence-electron chi connectivity index (χ1n) is 7.33. The zero-order valence-corrected chi connectivity index (χ0v) is 11.7. The normalized spacial score (nSPS) is 17.9. The van der Waals surface area contributed by atoms with E-state index >= 15 is 0 Å². The molecular formula is C16H24N2O. The molecule has 3 heteroatoms. The topological polar surface area (TPSA) is 41.1 Å². The molecule has 1 aromatic rings. The van der Waals surface area contributed by atoms with Crippen LogP contribution in [0.4, 0.5) is 0 Å². The lowest BCUT2D eigenvalue weighted by atomic mass is 9.95. The van der Waals surface area contributed by atoms with Crippen molar-refractivity contribution in [3.05, 3.63) is 35.9 Å². The van der Waals surface area contributed by atoms with E-state index in [1.165, 1.54) is 24.8 Å². The molecule has 0 heterocycles. The van der Waals surface area contributed by atoms with Crippen molar-refractivity contribution < 1.29 is 4.79 Å². The van der Waals surface area contributed by atoms with Crippen LogP contribution >= 0.6 is 0 Å². The van der Waals surface area contributed by atoms with Crippen molar-refractivity contribution >= 4 is 5.91 Å². The molecule has 0 bridgehead atoms. The maximum absolute atomic E-state index is 12.1. The predicted octanol–water partition coefficient (Wildman–Crippen LogP) is 2.61. The molecule has 1 saturated carbocycles. The number of hydrogen-bond acceptors (Lipinski definition) is 2. The first-order valence-corrected chi connectivity index (χ1v) is 7.33. The Morgan fingerprint density at radius 1 is 1.21 bits per heavy atom. The van der Waals surface area contributed by atoms with E-state index in [0.29, 0.717) is 6.04 Å².